The maximum Gasteiger partial charge on any atom is 0.246 e. The van der Waals surface area contributed by atoms with E-state index in [1.165, 1.54) is 12.4 Å². The molecule has 1 N–H and O–H groups in total. The van der Waals surface area contributed by atoms with Crippen LogP contribution in [0.25, 0.3) is 0 Å². The molecule has 1 aromatic rings. The molecule has 96 valence electrons. The van der Waals surface area contributed by atoms with Gasteiger partial charge in [-0.05, 0) is 12.8 Å². The first kappa shape index (κ1) is 13.0. The average Bonchev–Trinajstić information content (AvgIpc) is 2.97. The first-order valence-corrected chi connectivity index (χ1v) is 8.29. The number of aromatic amines is 1. The lowest BCUT2D eigenvalue weighted by molar-refractivity contribution is 0.338. The Hall–Kier alpha value is -0.400. The van der Waals surface area contributed by atoms with Crippen LogP contribution in [0.2, 0.25) is 0 Å². The molecule has 0 amide bonds. The molecule has 0 atom stereocenters. The van der Waals surface area contributed by atoms with Crippen LogP contribution in [0.4, 0.5) is 0 Å². The van der Waals surface area contributed by atoms with Crippen molar-refractivity contribution in [1.29, 1.82) is 0 Å². The lowest BCUT2D eigenvalue weighted by atomic mass is 10.2. The summed E-state index contributed by atoms with van der Waals surface area (Å²) in [6.45, 7) is 0.512. The summed E-state index contributed by atoms with van der Waals surface area (Å²) in [5, 5.41) is 6.92. The minimum Gasteiger partial charge on any atom is -0.284 e. The Morgan fingerprint density at radius 2 is 2.18 bits per heavy atom. The van der Waals surface area contributed by atoms with Crippen molar-refractivity contribution in [2.45, 2.75) is 36.6 Å². The quantitative estimate of drug-likeness (QED) is 0.840. The van der Waals surface area contributed by atoms with Gasteiger partial charge in [0, 0.05) is 24.1 Å². The zero-order chi connectivity index (χ0) is 12.3. The fourth-order valence-electron chi connectivity index (χ4n) is 2.29. The van der Waals surface area contributed by atoms with Gasteiger partial charge in [-0.2, -0.15) is 9.40 Å². The van der Waals surface area contributed by atoms with Gasteiger partial charge in [0.05, 0.1) is 6.20 Å². The number of aromatic nitrogens is 2. The number of sulfonamides is 1. The number of nitrogens with zero attached hydrogens (tertiary/aromatic N) is 2. The molecule has 1 aliphatic carbocycles. The summed E-state index contributed by atoms with van der Waals surface area (Å²) in [4.78, 5) is 0.255. The molecule has 2 rings (SSSR count). The van der Waals surface area contributed by atoms with E-state index >= 15 is 0 Å². The van der Waals surface area contributed by atoms with Crippen molar-refractivity contribution in [2.24, 2.45) is 0 Å². The molecule has 7 heteroatoms. The van der Waals surface area contributed by atoms with Gasteiger partial charge in [0.25, 0.3) is 0 Å². The standard InChI is InChI=1S/C10H16BrN3O2S/c11-5-6-14(9-3-1-2-4-9)17(15,16)10-7-12-13-8-10/h7-9H,1-6H2,(H,12,13). The molecule has 0 aromatic carbocycles. The van der Waals surface area contributed by atoms with E-state index in [2.05, 4.69) is 26.1 Å². The molecule has 0 saturated heterocycles. The first-order valence-electron chi connectivity index (χ1n) is 5.73. The highest BCUT2D eigenvalue weighted by atomic mass is 79.9. The maximum atomic E-state index is 12.4. The Morgan fingerprint density at radius 1 is 1.47 bits per heavy atom. The van der Waals surface area contributed by atoms with Crippen molar-refractivity contribution in [1.82, 2.24) is 14.5 Å². The van der Waals surface area contributed by atoms with Crippen LogP contribution in [0.3, 0.4) is 0 Å². The fourth-order valence-corrected chi connectivity index (χ4v) is 4.50. The predicted molar refractivity (Wildman–Crippen MR) is 68.5 cm³/mol. The van der Waals surface area contributed by atoms with Gasteiger partial charge in [-0.15, -0.1) is 0 Å². The first-order chi connectivity index (χ1) is 8.16. The molecule has 5 nitrogen and oxygen atoms in total. The summed E-state index contributed by atoms with van der Waals surface area (Å²) in [6, 6.07) is 0.146. The highest BCUT2D eigenvalue weighted by Gasteiger charge is 2.33. The van der Waals surface area contributed by atoms with Crippen molar-refractivity contribution in [3.05, 3.63) is 12.4 Å². The van der Waals surface area contributed by atoms with Gasteiger partial charge in [0.1, 0.15) is 4.90 Å². The lowest BCUT2D eigenvalue weighted by Crippen LogP contribution is -2.39. The van der Waals surface area contributed by atoms with Gasteiger partial charge >= 0.3 is 0 Å². The zero-order valence-corrected chi connectivity index (χ0v) is 11.9. The largest absolute Gasteiger partial charge is 0.284 e. The molecule has 17 heavy (non-hydrogen) atoms. The molecule has 0 spiro atoms. The maximum absolute atomic E-state index is 12.4. The smallest absolute Gasteiger partial charge is 0.246 e. The second-order valence-corrected chi connectivity index (χ2v) is 6.86. The Kier molecular flexibility index (Phi) is 4.22. The molecule has 1 saturated carbocycles. The Labute approximate surface area is 110 Å². The summed E-state index contributed by atoms with van der Waals surface area (Å²) in [5.74, 6) is 0. The SMILES string of the molecule is O=S(=O)(c1cn[nH]c1)N(CCBr)C1CCCC1. The monoisotopic (exact) mass is 321 g/mol. The Morgan fingerprint density at radius 3 is 2.71 bits per heavy atom. The molecule has 0 aliphatic heterocycles. The van der Waals surface area contributed by atoms with E-state index in [4.69, 9.17) is 0 Å². The normalized spacial score (nSPS) is 18.0. The van der Waals surface area contributed by atoms with Crippen molar-refractivity contribution in [3.8, 4) is 0 Å². The van der Waals surface area contributed by atoms with E-state index in [-0.39, 0.29) is 10.9 Å². The third-order valence-corrected chi connectivity index (χ3v) is 5.39. The number of H-pyrrole nitrogens is 1. The summed E-state index contributed by atoms with van der Waals surface area (Å²) < 4.78 is 26.4. The molecule has 1 heterocycles. The van der Waals surface area contributed by atoms with Gasteiger partial charge in [0.2, 0.25) is 10.0 Å². The topological polar surface area (TPSA) is 66.1 Å². The minimum absolute atomic E-state index is 0.146. The molecule has 0 bridgehead atoms. The third kappa shape index (κ3) is 2.71. The number of halogens is 1. The van der Waals surface area contributed by atoms with Crippen LogP contribution in [0.5, 0.6) is 0 Å². The van der Waals surface area contributed by atoms with Crippen molar-refractivity contribution in [2.75, 3.05) is 11.9 Å². The Bertz CT molecular complexity index is 440. The van der Waals surface area contributed by atoms with E-state index in [1.54, 1.807) is 4.31 Å². The van der Waals surface area contributed by atoms with Crippen molar-refractivity contribution in [3.63, 3.8) is 0 Å². The highest BCUT2D eigenvalue weighted by molar-refractivity contribution is 9.09. The lowest BCUT2D eigenvalue weighted by Gasteiger charge is -2.26. The number of alkyl halides is 1. The highest BCUT2D eigenvalue weighted by Crippen LogP contribution is 2.28. The molecule has 1 aliphatic rings. The van der Waals surface area contributed by atoms with Crippen LogP contribution in [-0.2, 0) is 10.0 Å². The fraction of sp³-hybridized carbons (Fsp3) is 0.700. The van der Waals surface area contributed by atoms with E-state index in [0.29, 0.717) is 11.9 Å². The molecule has 1 fully saturated rings. The van der Waals surface area contributed by atoms with Gasteiger partial charge in [-0.1, -0.05) is 28.8 Å². The second-order valence-electron chi connectivity index (χ2n) is 4.18. The molecule has 0 radical (unpaired) electrons. The van der Waals surface area contributed by atoms with E-state index < -0.39 is 10.0 Å². The number of hydrogen-bond donors (Lipinski definition) is 1. The molecule has 1 aromatic heterocycles. The van der Waals surface area contributed by atoms with Crippen LogP contribution < -0.4 is 0 Å². The van der Waals surface area contributed by atoms with Crippen LogP contribution in [-0.4, -0.2) is 40.8 Å². The predicted octanol–water partition coefficient (Wildman–Crippen LogP) is 1.74. The molecular weight excluding hydrogens is 306 g/mol. The van der Waals surface area contributed by atoms with Crippen LogP contribution in [0.1, 0.15) is 25.7 Å². The summed E-state index contributed by atoms with van der Waals surface area (Å²) in [6.07, 6.45) is 6.96. The summed E-state index contributed by atoms with van der Waals surface area (Å²) in [7, 11) is -3.39. The molecular formula is C10H16BrN3O2S. The van der Waals surface area contributed by atoms with Crippen molar-refractivity contribution < 1.29 is 8.42 Å². The minimum atomic E-state index is -3.39. The van der Waals surface area contributed by atoms with Gasteiger partial charge in [-0.3, -0.25) is 5.10 Å². The van der Waals surface area contributed by atoms with Gasteiger partial charge in [-0.25, -0.2) is 8.42 Å². The third-order valence-electron chi connectivity index (χ3n) is 3.12. The molecule has 0 unspecified atom stereocenters. The average molecular weight is 322 g/mol. The zero-order valence-electron chi connectivity index (χ0n) is 9.47. The number of hydrogen-bond acceptors (Lipinski definition) is 3. The van der Waals surface area contributed by atoms with E-state index in [0.717, 1.165) is 25.7 Å². The van der Waals surface area contributed by atoms with E-state index in [9.17, 15) is 8.42 Å². The van der Waals surface area contributed by atoms with Crippen LogP contribution >= 0.6 is 15.9 Å². The second kappa shape index (κ2) is 5.49. The van der Waals surface area contributed by atoms with Crippen LogP contribution in [0, 0.1) is 0 Å². The van der Waals surface area contributed by atoms with Crippen molar-refractivity contribution >= 4 is 26.0 Å². The Balaban J connectivity index is 2.26. The van der Waals surface area contributed by atoms with Gasteiger partial charge in [0.15, 0.2) is 0 Å². The summed E-state index contributed by atoms with van der Waals surface area (Å²) >= 11 is 3.32. The van der Waals surface area contributed by atoms with Crippen LogP contribution in [0.15, 0.2) is 17.3 Å². The van der Waals surface area contributed by atoms with Gasteiger partial charge < -0.3 is 0 Å². The number of nitrogens with one attached hydrogen (secondary N) is 1. The summed E-state index contributed by atoms with van der Waals surface area (Å²) in [5.41, 5.74) is 0. The number of rotatable bonds is 5. The van der Waals surface area contributed by atoms with E-state index in [1.807, 2.05) is 0 Å².